The number of hydrogen-bond donors (Lipinski definition) is 1. The SMILES string of the molecule is COc1ccc(C2=Cc3ccc4c(c3OC2)C=CC(C)(C)O4)c(O)c1. The second kappa shape index (κ2) is 5.59. The summed E-state index contributed by atoms with van der Waals surface area (Å²) in [5.74, 6) is 2.45. The van der Waals surface area contributed by atoms with Gasteiger partial charge in [0.1, 0.15) is 35.2 Å². The Morgan fingerprint density at radius 1 is 1.16 bits per heavy atom. The summed E-state index contributed by atoms with van der Waals surface area (Å²) < 4.78 is 17.2. The standard InChI is InChI=1S/C21H20O4/c1-21(2)9-8-17-19(25-21)7-4-13-10-14(12-24-20(13)17)16-6-5-15(23-3)11-18(16)22/h4-11,22H,12H2,1-3H3. The van der Waals surface area contributed by atoms with Gasteiger partial charge in [-0.05, 0) is 56.3 Å². The summed E-state index contributed by atoms with van der Waals surface area (Å²) in [5.41, 5.74) is 3.30. The zero-order chi connectivity index (χ0) is 17.6. The molecule has 2 aliphatic heterocycles. The van der Waals surface area contributed by atoms with E-state index >= 15 is 0 Å². The van der Waals surface area contributed by atoms with E-state index in [1.807, 2.05) is 50.3 Å². The van der Waals surface area contributed by atoms with Crippen LogP contribution in [0, 0.1) is 0 Å². The Labute approximate surface area is 147 Å². The summed E-state index contributed by atoms with van der Waals surface area (Å²) in [7, 11) is 1.58. The Bertz CT molecular complexity index is 906. The molecule has 0 aliphatic carbocycles. The van der Waals surface area contributed by atoms with Crippen LogP contribution >= 0.6 is 0 Å². The molecule has 4 heteroatoms. The molecule has 4 nitrogen and oxygen atoms in total. The van der Waals surface area contributed by atoms with Gasteiger partial charge in [-0.15, -0.1) is 0 Å². The summed E-state index contributed by atoms with van der Waals surface area (Å²) in [6.07, 6.45) is 6.14. The first-order chi connectivity index (χ1) is 12.0. The van der Waals surface area contributed by atoms with Gasteiger partial charge < -0.3 is 19.3 Å². The summed E-state index contributed by atoms with van der Waals surface area (Å²) in [5, 5.41) is 10.3. The molecule has 0 spiro atoms. The van der Waals surface area contributed by atoms with Crippen molar-refractivity contribution in [2.45, 2.75) is 19.4 Å². The van der Waals surface area contributed by atoms with Crippen LogP contribution in [0.3, 0.4) is 0 Å². The maximum atomic E-state index is 10.3. The van der Waals surface area contributed by atoms with E-state index in [0.717, 1.165) is 33.8 Å². The second-order valence-electron chi connectivity index (χ2n) is 6.78. The molecule has 0 aromatic heterocycles. The van der Waals surface area contributed by atoms with Crippen LogP contribution in [-0.4, -0.2) is 24.4 Å². The van der Waals surface area contributed by atoms with Crippen LogP contribution in [0.5, 0.6) is 23.0 Å². The highest BCUT2D eigenvalue weighted by Crippen LogP contribution is 2.43. The quantitative estimate of drug-likeness (QED) is 0.876. The fraction of sp³-hybridized carbons (Fsp3) is 0.238. The molecule has 0 radical (unpaired) electrons. The van der Waals surface area contributed by atoms with Crippen LogP contribution in [0.15, 0.2) is 36.4 Å². The van der Waals surface area contributed by atoms with Gasteiger partial charge in [0.2, 0.25) is 0 Å². The number of phenols is 1. The van der Waals surface area contributed by atoms with E-state index in [1.165, 1.54) is 0 Å². The van der Waals surface area contributed by atoms with E-state index < -0.39 is 0 Å². The summed E-state index contributed by atoms with van der Waals surface area (Å²) in [4.78, 5) is 0. The van der Waals surface area contributed by atoms with Gasteiger partial charge in [-0.3, -0.25) is 0 Å². The number of benzene rings is 2. The molecule has 1 N–H and O–H groups in total. The molecule has 0 atom stereocenters. The second-order valence-corrected chi connectivity index (χ2v) is 6.78. The molecule has 0 fully saturated rings. The average Bonchev–Trinajstić information content (AvgIpc) is 2.60. The molecule has 0 amide bonds. The molecule has 0 unspecified atom stereocenters. The fourth-order valence-electron chi connectivity index (χ4n) is 3.17. The average molecular weight is 336 g/mol. The molecule has 0 saturated heterocycles. The lowest BCUT2D eigenvalue weighted by Gasteiger charge is -2.30. The Balaban J connectivity index is 1.75. The van der Waals surface area contributed by atoms with E-state index in [-0.39, 0.29) is 11.4 Å². The first-order valence-electron chi connectivity index (χ1n) is 8.23. The minimum absolute atomic E-state index is 0.181. The Kier molecular flexibility index (Phi) is 3.49. The number of aromatic hydroxyl groups is 1. The van der Waals surface area contributed by atoms with E-state index in [9.17, 15) is 5.11 Å². The summed E-state index contributed by atoms with van der Waals surface area (Å²) >= 11 is 0. The van der Waals surface area contributed by atoms with Gasteiger partial charge >= 0.3 is 0 Å². The number of hydrogen-bond acceptors (Lipinski definition) is 4. The van der Waals surface area contributed by atoms with Crippen molar-refractivity contribution >= 4 is 17.7 Å². The molecular weight excluding hydrogens is 316 g/mol. The number of methoxy groups -OCH3 is 1. The molecule has 2 aromatic carbocycles. The first kappa shape index (κ1) is 15.6. The Morgan fingerprint density at radius 2 is 2.00 bits per heavy atom. The minimum atomic E-state index is -0.314. The third-order valence-corrected chi connectivity index (χ3v) is 4.46. The predicted molar refractivity (Wildman–Crippen MR) is 98.2 cm³/mol. The maximum absolute atomic E-state index is 10.3. The van der Waals surface area contributed by atoms with Crippen molar-refractivity contribution in [1.29, 1.82) is 0 Å². The number of phenolic OH excluding ortho intramolecular Hbond substituents is 1. The van der Waals surface area contributed by atoms with E-state index in [4.69, 9.17) is 14.2 Å². The van der Waals surface area contributed by atoms with Crippen LogP contribution in [-0.2, 0) is 0 Å². The topological polar surface area (TPSA) is 47.9 Å². The van der Waals surface area contributed by atoms with Gasteiger partial charge in [0.25, 0.3) is 0 Å². The van der Waals surface area contributed by atoms with E-state index in [0.29, 0.717) is 12.4 Å². The van der Waals surface area contributed by atoms with Crippen molar-refractivity contribution in [2.24, 2.45) is 0 Å². The van der Waals surface area contributed by atoms with Gasteiger partial charge in [0, 0.05) is 22.8 Å². The van der Waals surface area contributed by atoms with Crippen LogP contribution < -0.4 is 14.2 Å². The van der Waals surface area contributed by atoms with Crippen molar-refractivity contribution in [2.75, 3.05) is 13.7 Å². The van der Waals surface area contributed by atoms with Crippen LogP contribution in [0.25, 0.3) is 17.7 Å². The highest BCUT2D eigenvalue weighted by molar-refractivity contribution is 5.89. The molecule has 4 rings (SSSR count). The molecule has 0 saturated carbocycles. The fourth-order valence-corrected chi connectivity index (χ4v) is 3.17. The van der Waals surface area contributed by atoms with E-state index in [1.54, 1.807) is 13.2 Å². The molecule has 128 valence electrons. The number of fused-ring (bicyclic) bond motifs is 3. The van der Waals surface area contributed by atoms with Crippen LogP contribution in [0.1, 0.15) is 30.5 Å². The molecule has 0 bridgehead atoms. The van der Waals surface area contributed by atoms with Gasteiger partial charge in [0.15, 0.2) is 0 Å². The monoisotopic (exact) mass is 336 g/mol. The maximum Gasteiger partial charge on any atom is 0.137 e. The first-order valence-corrected chi connectivity index (χ1v) is 8.23. The van der Waals surface area contributed by atoms with Gasteiger partial charge in [-0.25, -0.2) is 0 Å². The van der Waals surface area contributed by atoms with Crippen LogP contribution in [0.2, 0.25) is 0 Å². The Morgan fingerprint density at radius 3 is 2.76 bits per heavy atom. The molecule has 25 heavy (non-hydrogen) atoms. The third-order valence-electron chi connectivity index (χ3n) is 4.46. The summed E-state index contributed by atoms with van der Waals surface area (Å²) in [6, 6.07) is 9.24. The largest absolute Gasteiger partial charge is 0.507 e. The van der Waals surface area contributed by atoms with Crippen molar-refractivity contribution < 1.29 is 19.3 Å². The van der Waals surface area contributed by atoms with Crippen molar-refractivity contribution in [1.82, 2.24) is 0 Å². The predicted octanol–water partition coefficient (Wildman–Crippen LogP) is 4.52. The van der Waals surface area contributed by atoms with Gasteiger partial charge in [-0.1, -0.05) is 0 Å². The lowest BCUT2D eigenvalue weighted by molar-refractivity contribution is 0.158. The van der Waals surface area contributed by atoms with Crippen molar-refractivity contribution in [3.63, 3.8) is 0 Å². The minimum Gasteiger partial charge on any atom is -0.507 e. The van der Waals surface area contributed by atoms with E-state index in [2.05, 4.69) is 6.08 Å². The number of rotatable bonds is 2. The zero-order valence-corrected chi connectivity index (χ0v) is 14.5. The molecule has 2 aromatic rings. The lowest BCUT2D eigenvalue weighted by atomic mass is 9.95. The third kappa shape index (κ3) is 2.74. The zero-order valence-electron chi connectivity index (χ0n) is 14.5. The Hall–Kier alpha value is -2.88. The van der Waals surface area contributed by atoms with Gasteiger partial charge in [-0.2, -0.15) is 0 Å². The van der Waals surface area contributed by atoms with Crippen molar-refractivity contribution in [3.8, 4) is 23.0 Å². The van der Waals surface area contributed by atoms with Crippen molar-refractivity contribution in [3.05, 3.63) is 53.1 Å². The molecule has 2 heterocycles. The summed E-state index contributed by atoms with van der Waals surface area (Å²) in [6.45, 7) is 4.44. The molecular formula is C21H20O4. The highest BCUT2D eigenvalue weighted by atomic mass is 16.5. The smallest absolute Gasteiger partial charge is 0.137 e. The number of ether oxygens (including phenoxy) is 3. The highest BCUT2D eigenvalue weighted by Gasteiger charge is 2.26. The molecule has 2 aliphatic rings. The normalized spacial score (nSPS) is 16.8. The van der Waals surface area contributed by atoms with Gasteiger partial charge in [0.05, 0.1) is 12.7 Å². The van der Waals surface area contributed by atoms with Crippen LogP contribution in [0.4, 0.5) is 0 Å². The lowest BCUT2D eigenvalue weighted by Crippen LogP contribution is -2.27.